The Morgan fingerprint density at radius 3 is 2.79 bits per heavy atom. The Bertz CT molecular complexity index is 344. The van der Waals surface area contributed by atoms with E-state index in [1.54, 1.807) is 18.2 Å². The van der Waals surface area contributed by atoms with E-state index in [2.05, 4.69) is 37.2 Å². The van der Waals surface area contributed by atoms with Gasteiger partial charge in [-0.2, -0.15) is 0 Å². The fraction of sp³-hybridized carbons (Fsp3) is 0.222. The van der Waals surface area contributed by atoms with E-state index >= 15 is 0 Å². The number of rotatable bonds is 3. The average Bonchev–Trinajstić information content (AvgIpc) is 2.10. The molecular formula is C9H8Br2ClNO. The number of anilines is 1. The maximum atomic E-state index is 11.3. The van der Waals surface area contributed by atoms with Crippen LogP contribution in [0.5, 0.6) is 0 Å². The van der Waals surface area contributed by atoms with Gasteiger partial charge in [-0.3, -0.25) is 4.79 Å². The summed E-state index contributed by atoms with van der Waals surface area (Å²) in [5.74, 6) is -0.0232. The third kappa shape index (κ3) is 3.59. The van der Waals surface area contributed by atoms with E-state index in [-0.39, 0.29) is 5.91 Å². The van der Waals surface area contributed by atoms with Crippen LogP contribution in [-0.2, 0) is 4.79 Å². The molecule has 0 heterocycles. The largest absolute Gasteiger partial charge is 0.325 e. The Hall–Kier alpha value is -0.0600. The molecule has 2 nitrogen and oxygen atoms in total. The highest BCUT2D eigenvalue weighted by Gasteiger charge is 2.04. The first-order chi connectivity index (χ1) is 6.63. The van der Waals surface area contributed by atoms with Gasteiger partial charge in [0.25, 0.3) is 0 Å². The molecule has 0 saturated carbocycles. The number of hydrogen-bond acceptors (Lipinski definition) is 1. The number of nitrogens with one attached hydrogen (secondary N) is 1. The highest BCUT2D eigenvalue weighted by Crippen LogP contribution is 2.25. The Balaban J connectivity index is 2.72. The summed E-state index contributed by atoms with van der Waals surface area (Å²) in [7, 11) is 0. The molecule has 0 aliphatic rings. The standard InChI is InChI=1S/C9H8Br2ClNO/c10-4-3-9(14)13-8-2-1-6(12)5-7(8)11/h1-2,5H,3-4H2,(H,13,14). The molecule has 0 aromatic heterocycles. The Labute approximate surface area is 104 Å². The van der Waals surface area contributed by atoms with Crippen molar-refractivity contribution in [1.29, 1.82) is 0 Å². The molecule has 1 aromatic rings. The van der Waals surface area contributed by atoms with Crippen LogP contribution in [0.4, 0.5) is 5.69 Å². The van der Waals surface area contributed by atoms with Crippen LogP contribution in [0.15, 0.2) is 22.7 Å². The molecule has 5 heteroatoms. The monoisotopic (exact) mass is 339 g/mol. The summed E-state index contributed by atoms with van der Waals surface area (Å²) in [6.07, 6.45) is 0.453. The Morgan fingerprint density at radius 1 is 1.50 bits per heavy atom. The molecule has 0 spiro atoms. The molecule has 0 aliphatic heterocycles. The highest BCUT2D eigenvalue weighted by molar-refractivity contribution is 9.10. The fourth-order valence-electron chi connectivity index (χ4n) is 0.889. The molecule has 0 saturated heterocycles. The quantitative estimate of drug-likeness (QED) is 0.832. The van der Waals surface area contributed by atoms with Gasteiger partial charge in [0.15, 0.2) is 0 Å². The Morgan fingerprint density at radius 2 is 2.21 bits per heavy atom. The second-order valence-electron chi connectivity index (χ2n) is 2.61. The number of carbonyl (C=O) groups is 1. The van der Waals surface area contributed by atoms with Gasteiger partial charge >= 0.3 is 0 Å². The zero-order chi connectivity index (χ0) is 10.6. The minimum Gasteiger partial charge on any atom is -0.325 e. The van der Waals surface area contributed by atoms with Gasteiger partial charge < -0.3 is 5.32 Å². The van der Waals surface area contributed by atoms with Crippen LogP contribution in [0.1, 0.15) is 6.42 Å². The van der Waals surface area contributed by atoms with E-state index in [4.69, 9.17) is 11.6 Å². The second-order valence-corrected chi connectivity index (χ2v) is 4.70. The topological polar surface area (TPSA) is 29.1 Å². The minimum absolute atomic E-state index is 0.0232. The van der Waals surface area contributed by atoms with Crippen molar-refractivity contribution in [3.05, 3.63) is 27.7 Å². The third-order valence-corrected chi connectivity index (χ3v) is 2.81. The van der Waals surface area contributed by atoms with E-state index in [9.17, 15) is 4.79 Å². The predicted octanol–water partition coefficient (Wildman–Crippen LogP) is 3.83. The van der Waals surface area contributed by atoms with Gasteiger partial charge in [-0.25, -0.2) is 0 Å². The Kier molecular flexibility index (Phi) is 4.92. The summed E-state index contributed by atoms with van der Waals surface area (Å²) in [6.45, 7) is 0. The van der Waals surface area contributed by atoms with Crippen molar-refractivity contribution in [2.75, 3.05) is 10.6 Å². The molecule has 1 aromatic carbocycles. The van der Waals surface area contributed by atoms with Crippen LogP contribution in [0.25, 0.3) is 0 Å². The normalized spacial score (nSPS) is 9.93. The number of amides is 1. The first-order valence-corrected chi connectivity index (χ1v) is 6.23. The molecule has 0 fully saturated rings. The zero-order valence-electron chi connectivity index (χ0n) is 7.19. The number of halogens is 3. The van der Waals surface area contributed by atoms with Crippen LogP contribution in [-0.4, -0.2) is 11.2 Å². The smallest absolute Gasteiger partial charge is 0.225 e. The average molecular weight is 341 g/mol. The molecule has 14 heavy (non-hydrogen) atoms. The van der Waals surface area contributed by atoms with Crippen molar-refractivity contribution >= 4 is 55.1 Å². The van der Waals surface area contributed by atoms with E-state index in [0.29, 0.717) is 16.8 Å². The van der Waals surface area contributed by atoms with E-state index in [0.717, 1.165) is 10.2 Å². The maximum absolute atomic E-state index is 11.3. The molecule has 1 amide bonds. The lowest BCUT2D eigenvalue weighted by Crippen LogP contribution is -2.11. The van der Waals surface area contributed by atoms with Crippen LogP contribution in [0, 0.1) is 0 Å². The second kappa shape index (κ2) is 5.73. The first-order valence-electron chi connectivity index (χ1n) is 3.94. The SMILES string of the molecule is O=C(CCBr)Nc1ccc(Cl)cc1Br. The summed E-state index contributed by atoms with van der Waals surface area (Å²) < 4.78 is 0.785. The molecule has 0 aliphatic carbocycles. The van der Waals surface area contributed by atoms with Gasteiger partial charge in [0, 0.05) is 21.2 Å². The number of alkyl halides is 1. The lowest BCUT2D eigenvalue weighted by Gasteiger charge is -2.06. The summed E-state index contributed by atoms with van der Waals surface area (Å²) >= 11 is 12.3. The van der Waals surface area contributed by atoms with Crippen LogP contribution < -0.4 is 5.32 Å². The third-order valence-electron chi connectivity index (χ3n) is 1.53. The molecule has 0 bridgehead atoms. The van der Waals surface area contributed by atoms with Crippen LogP contribution in [0.2, 0.25) is 5.02 Å². The van der Waals surface area contributed by atoms with Crippen molar-refractivity contribution in [2.24, 2.45) is 0 Å². The van der Waals surface area contributed by atoms with Crippen molar-refractivity contribution in [3.8, 4) is 0 Å². The van der Waals surface area contributed by atoms with Crippen molar-refractivity contribution in [2.45, 2.75) is 6.42 Å². The summed E-state index contributed by atoms with van der Waals surface area (Å²) in [4.78, 5) is 11.3. The molecular weight excluding hydrogens is 333 g/mol. The molecule has 0 unspecified atom stereocenters. The molecule has 76 valence electrons. The molecule has 0 radical (unpaired) electrons. The summed E-state index contributed by atoms with van der Waals surface area (Å²) in [5, 5.41) is 4.06. The van der Waals surface area contributed by atoms with Crippen LogP contribution >= 0.6 is 43.5 Å². The van der Waals surface area contributed by atoms with Crippen molar-refractivity contribution in [3.63, 3.8) is 0 Å². The first kappa shape index (κ1) is 12.0. The number of hydrogen-bond donors (Lipinski definition) is 1. The number of carbonyl (C=O) groups excluding carboxylic acids is 1. The molecule has 1 N–H and O–H groups in total. The van der Waals surface area contributed by atoms with E-state index < -0.39 is 0 Å². The fourth-order valence-corrected chi connectivity index (χ4v) is 2.03. The predicted molar refractivity (Wildman–Crippen MR) is 66.2 cm³/mol. The van der Waals surface area contributed by atoms with Gasteiger partial charge in [0.05, 0.1) is 5.69 Å². The van der Waals surface area contributed by atoms with Gasteiger partial charge in [-0.1, -0.05) is 27.5 Å². The van der Waals surface area contributed by atoms with Crippen molar-refractivity contribution < 1.29 is 4.79 Å². The van der Waals surface area contributed by atoms with Gasteiger partial charge in [-0.05, 0) is 34.1 Å². The van der Waals surface area contributed by atoms with Gasteiger partial charge in [-0.15, -0.1) is 0 Å². The van der Waals surface area contributed by atoms with Crippen LogP contribution in [0.3, 0.4) is 0 Å². The summed E-state index contributed by atoms with van der Waals surface area (Å²) in [5.41, 5.74) is 0.736. The zero-order valence-corrected chi connectivity index (χ0v) is 11.1. The highest BCUT2D eigenvalue weighted by atomic mass is 79.9. The molecule has 1 rings (SSSR count). The van der Waals surface area contributed by atoms with Gasteiger partial charge in [0.2, 0.25) is 5.91 Å². The van der Waals surface area contributed by atoms with E-state index in [1.165, 1.54) is 0 Å². The maximum Gasteiger partial charge on any atom is 0.225 e. The lowest BCUT2D eigenvalue weighted by molar-refractivity contribution is -0.115. The number of benzene rings is 1. The lowest BCUT2D eigenvalue weighted by atomic mass is 10.3. The van der Waals surface area contributed by atoms with Gasteiger partial charge in [0.1, 0.15) is 0 Å². The molecule has 0 atom stereocenters. The summed E-state index contributed by atoms with van der Waals surface area (Å²) in [6, 6.07) is 5.24. The van der Waals surface area contributed by atoms with Crippen molar-refractivity contribution in [1.82, 2.24) is 0 Å². The van der Waals surface area contributed by atoms with E-state index in [1.807, 2.05) is 0 Å². The minimum atomic E-state index is -0.0232.